The summed E-state index contributed by atoms with van der Waals surface area (Å²) in [6.07, 6.45) is 3.08. The van der Waals surface area contributed by atoms with Gasteiger partial charge in [-0.25, -0.2) is 4.79 Å². The second-order valence-corrected chi connectivity index (χ2v) is 5.72. The predicted molar refractivity (Wildman–Crippen MR) is 74.7 cm³/mol. The number of carbonyl (C=O) groups is 1. The smallest absolute Gasteiger partial charge is 0.314 e. The molecule has 0 radical (unpaired) electrons. The zero-order valence-electron chi connectivity index (χ0n) is 10.8. The third kappa shape index (κ3) is 3.23. The first kappa shape index (κ1) is 13.4. The van der Waals surface area contributed by atoms with E-state index in [9.17, 15) is 4.79 Å². The molecule has 1 aliphatic rings. The Balaban J connectivity index is 1.85. The lowest BCUT2D eigenvalue weighted by molar-refractivity contribution is 0.182. The minimum absolute atomic E-state index is 0.293. The summed E-state index contributed by atoms with van der Waals surface area (Å²) in [5, 5.41) is 5.82. The van der Waals surface area contributed by atoms with Gasteiger partial charge in [-0.1, -0.05) is 13.0 Å². The van der Waals surface area contributed by atoms with Crippen LogP contribution in [0.3, 0.4) is 0 Å². The fourth-order valence-electron chi connectivity index (χ4n) is 2.44. The van der Waals surface area contributed by atoms with Crippen molar-refractivity contribution in [1.82, 2.24) is 10.2 Å². The molecule has 1 aromatic rings. The van der Waals surface area contributed by atoms with Crippen molar-refractivity contribution < 1.29 is 4.79 Å². The number of amides is 2. The minimum Gasteiger partial charge on any atom is -0.351 e. The summed E-state index contributed by atoms with van der Waals surface area (Å²) in [4.78, 5) is 14.2. The number of primary amides is 1. The predicted octanol–water partition coefficient (Wildman–Crippen LogP) is 2.33. The number of hydrogen-bond acceptors (Lipinski definition) is 3. The van der Waals surface area contributed by atoms with E-state index in [1.165, 1.54) is 4.88 Å². The molecule has 18 heavy (non-hydrogen) atoms. The van der Waals surface area contributed by atoms with Crippen LogP contribution in [0.25, 0.3) is 0 Å². The molecule has 100 valence electrons. The average Bonchev–Trinajstić information content (AvgIpc) is 2.90. The van der Waals surface area contributed by atoms with Crippen LogP contribution in [-0.2, 0) is 0 Å². The number of nitrogens with two attached hydrogens (primary N) is 1. The molecule has 1 atom stereocenters. The first-order chi connectivity index (χ1) is 8.70. The fraction of sp³-hybridized carbons (Fsp3) is 0.615. The number of carbonyl (C=O) groups excluding carboxylic acids is 1. The van der Waals surface area contributed by atoms with Gasteiger partial charge < -0.3 is 16.0 Å². The highest BCUT2D eigenvalue weighted by molar-refractivity contribution is 7.10. The van der Waals surface area contributed by atoms with E-state index >= 15 is 0 Å². The van der Waals surface area contributed by atoms with Gasteiger partial charge in [-0.3, -0.25) is 0 Å². The first-order valence-electron chi connectivity index (χ1n) is 6.54. The Labute approximate surface area is 112 Å². The Morgan fingerprint density at radius 2 is 2.33 bits per heavy atom. The van der Waals surface area contributed by atoms with Crippen molar-refractivity contribution >= 4 is 17.4 Å². The van der Waals surface area contributed by atoms with E-state index in [2.05, 4.69) is 29.8 Å². The lowest BCUT2D eigenvalue weighted by Gasteiger charge is -2.33. The number of thiophene rings is 1. The zero-order chi connectivity index (χ0) is 13.0. The summed E-state index contributed by atoms with van der Waals surface area (Å²) in [6, 6.07) is 4.92. The Morgan fingerprint density at radius 3 is 2.83 bits per heavy atom. The minimum atomic E-state index is -0.293. The summed E-state index contributed by atoms with van der Waals surface area (Å²) in [5.41, 5.74) is 5.29. The van der Waals surface area contributed by atoms with E-state index < -0.39 is 0 Å². The van der Waals surface area contributed by atoms with Crippen LogP contribution >= 0.6 is 11.3 Å². The van der Waals surface area contributed by atoms with Crippen LogP contribution < -0.4 is 11.1 Å². The third-order valence-electron chi connectivity index (χ3n) is 3.54. The van der Waals surface area contributed by atoms with Crippen molar-refractivity contribution in [2.24, 2.45) is 5.73 Å². The van der Waals surface area contributed by atoms with Crippen LogP contribution in [0.15, 0.2) is 17.5 Å². The van der Waals surface area contributed by atoms with E-state index in [4.69, 9.17) is 5.73 Å². The Morgan fingerprint density at radius 1 is 1.61 bits per heavy atom. The second-order valence-electron chi connectivity index (χ2n) is 4.74. The SMILES string of the molecule is CCC(NC1CCN(C(N)=O)CC1)c1cccs1. The van der Waals surface area contributed by atoms with Crippen molar-refractivity contribution in [3.05, 3.63) is 22.4 Å². The molecule has 1 saturated heterocycles. The maximum atomic E-state index is 11.1. The Hall–Kier alpha value is -1.07. The van der Waals surface area contributed by atoms with E-state index in [-0.39, 0.29) is 6.03 Å². The summed E-state index contributed by atoms with van der Waals surface area (Å²) < 4.78 is 0. The van der Waals surface area contributed by atoms with Crippen molar-refractivity contribution in [3.63, 3.8) is 0 Å². The van der Waals surface area contributed by atoms with Gasteiger partial charge in [0.2, 0.25) is 0 Å². The molecule has 5 heteroatoms. The number of piperidine rings is 1. The van der Waals surface area contributed by atoms with Gasteiger partial charge in [0.05, 0.1) is 0 Å². The summed E-state index contributed by atoms with van der Waals surface area (Å²) in [6.45, 7) is 3.75. The van der Waals surface area contributed by atoms with Crippen LogP contribution in [0, 0.1) is 0 Å². The molecule has 1 aliphatic heterocycles. The standard InChI is InChI=1S/C13H21N3OS/c1-2-11(12-4-3-9-18-12)15-10-5-7-16(8-6-10)13(14)17/h3-4,9-11,15H,2,5-8H2,1H3,(H2,14,17). The molecular weight excluding hydrogens is 246 g/mol. The largest absolute Gasteiger partial charge is 0.351 e. The molecular formula is C13H21N3OS. The molecule has 1 fully saturated rings. The van der Waals surface area contributed by atoms with Gasteiger partial charge in [0.1, 0.15) is 0 Å². The lowest BCUT2D eigenvalue weighted by Crippen LogP contribution is -2.47. The molecule has 1 unspecified atom stereocenters. The first-order valence-corrected chi connectivity index (χ1v) is 7.42. The van der Waals surface area contributed by atoms with E-state index in [1.54, 1.807) is 16.2 Å². The monoisotopic (exact) mass is 267 g/mol. The third-order valence-corrected chi connectivity index (χ3v) is 4.52. The molecule has 2 rings (SSSR count). The second kappa shape index (κ2) is 6.20. The van der Waals surface area contributed by atoms with Gasteiger partial charge in [0, 0.05) is 30.1 Å². The van der Waals surface area contributed by atoms with Crippen molar-refractivity contribution in [2.45, 2.75) is 38.3 Å². The zero-order valence-corrected chi connectivity index (χ0v) is 11.6. The van der Waals surface area contributed by atoms with Gasteiger partial charge >= 0.3 is 6.03 Å². The van der Waals surface area contributed by atoms with Gasteiger partial charge in [-0.15, -0.1) is 11.3 Å². The van der Waals surface area contributed by atoms with Crippen molar-refractivity contribution in [3.8, 4) is 0 Å². The number of rotatable bonds is 4. The molecule has 0 bridgehead atoms. The fourth-order valence-corrected chi connectivity index (χ4v) is 3.31. The molecule has 3 N–H and O–H groups in total. The Kier molecular flexibility index (Phi) is 4.60. The molecule has 1 aromatic heterocycles. The number of nitrogens with zero attached hydrogens (tertiary/aromatic N) is 1. The van der Waals surface area contributed by atoms with E-state index in [1.807, 2.05) is 0 Å². The van der Waals surface area contributed by atoms with E-state index in [0.717, 1.165) is 32.4 Å². The number of nitrogens with one attached hydrogen (secondary N) is 1. The molecule has 0 aliphatic carbocycles. The lowest BCUT2D eigenvalue weighted by atomic mass is 10.0. The molecule has 4 nitrogen and oxygen atoms in total. The normalized spacial score (nSPS) is 18.8. The molecule has 0 spiro atoms. The Bertz CT molecular complexity index is 372. The average molecular weight is 267 g/mol. The maximum absolute atomic E-state index is 11.1. The van der Waals surface area contributed by atoms with Crippen molar-refractivity contribution in [2.75, 3.05) is 13.1 Å². The highest BCUT2D eigenvalue weighted by Gasteiger charge is 2.23. The van der Waals surface area contributed by atoms with Gasteiger partial charge in [0.15, 0.2) is 0 Å². The number of likely N-dealkylation sites (tertiary alicyclic amines) is 1. The summed E-state index contributed by atoms with van der Waals surface area (Å²) in [7, 11) is 0. The maximum Gasteiger partial charge on any atom is 0.314 e. The molecule has 0 saturated carbocycles. The van der Waals surface area contributed by atoms with Crippen LogP contribution in [0.1, 0.15) is 37.1 Å². The highest BCUT2D eigenvalue weighted by Crippen LogP contribution is 2.24. The van der Waals surface area contributed by atoms with Crippen LogP contribution in [0.5, 0.6) is 0 Å². The van der Waals surface area contributed by atoms with Crippen molar-refractivity contribution in [1.29, 1.82) is 0 Å². The van der Waals surface area contributed by atoms with Crippen LogP contribution in [0.4, 0.5) is 4.79 Å². The summed E-state index contributed by atoms with van der Waals surface area (Å²) >= 11 is 1.80. The number of urea groups is 1. The molecule has 0 aromatic carbocycles. The van der Waals surface area contributed by atoms with Crippen LogP contribution in [0.2, 0.25) is 0 Å². The van der Waals surface area contributed by atoms with E-state index in [0.29, 0.717) is 12.1 Å². The van der Waals surface area contributed by atoms with Gasteiger partial charge in [0.25, 0.3) is 0 Å². The quantitative estimate of drug-likeness (QED) is 0.879. The molecule has 2 heterocycles. The highest BCUT2D eigenvalue weighted by atomic mass is 32.1. The van der Waals surface area contributed by atoms with Gasteiger partial charge in [-0.2, -0.15) is 0 Å². The topological polar surface area (TPSA) is 58.4 Å². The summed E-state index contributed by atoms with van der Waals surface area (Å²) in [5.74, 6) is 0. The van der Waals surface area contributed by atoms with Crippen LogP contribution in [-0.4, -0.2) is 30.1 Å². The van der Waals surface area contributed by atoms with Gasteiger partial charge in [-0.05, 0) is 30.7 Å². The number of hydrogen-bond donors (Lipinski definition) is 2. The molecule has 2 amide bonds.